The third-order valence-corrected chi connectivity index (χ3v) is 4.06. The van der Waals surface area contributed by atoms with Crippen molar-refractivity contribution < 1.29 is 0 Å². The Hall–Kier alpha value is -2.36. The number of nitrogens with two attached hydrogens (primary N) is 1. The van der Waals surface area contributed by atoms with Gasteiger partial charge in [0.2, 0.25) is 0 Å². The van der Waals surface area contributed by atoms with E-state index in [9.17, 15) is 0 Å². The summed E-state index contributed by atoms with van der Waals surface area (Å²) in [6, 6.07) is 14.4. The van der Waals surface area contributed by atoms with Crippen LogP contribution in [0, 0.1) is 12.3 Å². The molecular weight excluding hydrogens is 260 g/mol. The van der Waals surface area contributed by atoms with Gasteiger partial charge in [-0.15, -0.1) is 0 Å². The van der Waals surface area contributed by atoms with Crippen LogP contribution in [0.3, 0.4) is 0 Å². The number of anilines is 1. The number of nitrogen functional groups attached to an aromatic ring is 1. The van der Waals surface area contributed by atoms with E-state index < -0.39 is 0 Å². The van der Waals surface area contributed by atoms with Crippen LogP contribution in [0.25, 0.3) is 0 Å². The molecule has 1 aliphatic heterocycles. The lowest BCUT2D eigenvalue weighted by Crippen LogP contribution is -2.25. The summed E-state index contributed by atoms with van der Waals surface area (Å²) in [7, 11) is 0. The number of nitrogens with zero attached hydrogens (tertiary/aromatic N) is 2. The van der Waals surface area contributed by atoms with Gasteiger partial charge in [-0.2, -0.15) is 0 Å². The van der Waals surface area contributed by atoms with Crippen molar-refractivity contribution in [1.82, 2.24) is 4.98 Å². The molecule has 1 atom stereocenters. The summed E-state index contributed by atoms with van der Waals surface area (Å²) in [6.07, 6.45) is 1.11. The third kappa shape index (κ3) is 2.75. The van der Waals surface area contributed by atoms with Crippen LogP contribution in [0.1, 0.15) is 29.2 Å². The van der Waals surface area contributed by atoms with Gasteiger partial charge < -0.3 is 10.6 Å². The van der Waals surface area contributed by atoms with E-state index in [1.807, 2.05) is 25.1 Å². The van der Waals surface area contributed by atoms with Gasteiger partial charge in [-0.3, -0.25) is 5.41 Å². The van der Waals surface area contributed by atoms with E-state index in [4.69, 9.17) is 11.1 Å². The molecule has 1 aromatic heterocycles. The lowest BCUT2D eigenvalue weighted by molar-refractivity contribution is 0.774. The van der Waals surface area contributed by atoms with Crippen molar-refractivity contribution in [3.8, 4) is 0 Å². The number of hydrogen-bond acceptors (Lipinski definition) is 3. The molecule has 4 heteroatoms. The van der Waals surface area contributed by atoms with Crippen molar-refractivity contribution in [3.05, 3.63) is 59.3 Å². The van der Waals surface area contributed by atoms with Crippen LogP contribution >= 0.6 is 0 Å². The minimum Gasteiger partial charge on any atom is -0.384 e. The molecule has 3 N–H and O–H groups in total. The van der Waals surface area contributed by atoms with Crippen LogP contribution in [0.2, 0.25) is 0 Å². The Morgan fingerprint density at radius 1 is 1.24 bits per heavy atom. The topological polar surface area (TPSA) is 66.0 Å². The van der Waals surface area contributed by atoms with Gasteiger partial charge in [0.1, 0.15) is 11.7 Å². The molecule has 1 aliphatic rings. The summed E-state index contributed by atoms with van der Waals surface area (Å²) >= 11 is 0. The largest absolute Gasteiger partial charge is 0.384 e. The molecule has 1 saturated heterocycles. The smallest absolute Gasteiger partial charge is 0.139 e. The molecule has 0 spiro atoms. The Kier molecular flexibility index (Phi) is 3.60. The van der Waals surface area contributed by atoms with Crippen LogP contribution in [0.4, 0.5) is 5.82 Å². The van der Waals surface area contributed by atoms with Crippen molar-refractivity contribution in [2.75, 3.05) is 18.0 Å². The standard InChI is InChI=1S/C17H20N4/c1-12-7-8-15(16(18)19)17(20-12)21-10-9-14(11-21)13-5-3-2-4-6-13/h2-8,14H,9-11H2,1H3,(H3,18,19). The lowest BCUT2D eigenvalue weighted by atomic mass is 9.99. The number of aromatic nitrogens is 1. The summed E-state index contributed by atoms with van der Waals surface area (Å²) in [5, 5.41) is 7.74. The van der Waals surface area contributed by atoms with Gasteiger partial charge in [-0.25, -0.2) is 4.98 Å². The van der Waals surface area contributed by atoms with Gasteiger partial charge in [0, 0.05) is 24.7 Å². The zero-order chi connectivity index (χ0) is 14.8. The van der Waals surface area contributed by atoms with Gasteiger partial charge in [-0.05, 0) is 31.0 Å². The molecule has 21 heavy (non-hydrogen) atoms. The first-order chi connectivity index (χ1) is 10.1. The Morgan fingerprint density at radius 3 is 2.71 bits per heavy atom. The Bertz CT molecular complexity index is 651. The highest BCUT2D eigenvalue weighted by Crippen LogP contribution is 2.31. The molecular formula is C17H20N4. The second-order valence-corrected chi connectivity index (χ2v) is 5.58. The monoisotopic (exact) mass is 280 g/mol. The van der Waals surface area contributed by atoms with E-state index in [1.54, 1.807) is 0 Å². The van der Waals surface area contributed by atoms with Crippen LogP contribution in [-0.2, 0) is 0 Å². The van der Waals surface area contributed by atoms with E-state index in [0.717, 1.165) is 36.6 Å². The summed E-state index contributed by atoms with van der Waals surface area (Å²) in [6.45, 7) is 3.86. The molecule has 1 unspecified atom stereocenters. The quantitative estimate of drug-likeness (QED) is 0.671. The average Bonchev–Trinajstić information content (AvgIpc) is 2.97. The molecule has 108 valence electrons. The average molecular weight is 280 g/mol. The zero-order valence-electron chi connectivity index (χ0n) is 12.2. The Labute approximate surface area is 125 Å². The molecule has 1 aromatic carbocycles. The SMILES string of the molecule is Cc1ccc(C(=N)N)c(N2CCC(c3ccccc3)C2)n1. The predicted octanol–water partition coefficient (Wildman–Crippen LogP) is 2.67. The number of pyridine rings is 1. The van der Waals surface area contributed by atoms with E-state index in [-0.39, 0.29) is 5.84 Å². The maximum atomic E-state index is 7.74. The van der Waals surface area contributed by atoms with Gasteiger partial charge >= 0.3 is 0 Å². The molecule has 4 nitrogen and oxygen atoms in total. The second-order valence-electron chi connectivity index (χ2n) is 5.58. The zero-order valence-corrected chi connectivity index (χ0v) is 12.2. The van der Waals surface area contributed by atoms with E-state index in [2.05, 4.69) is 34.1 Å². The number of aryl methyl sites for hydroxylation is 1. The minimum atomic E-state index is 0.0839. The summed E-state index contributed by atoms with van der Waals surface area (Å²) in [5.41, 5.74) is 8.75. The van der Waals surface area contributed by atoms with Crippen molar-refractivity contribution in [3.63, 3.8) is 0 Å². The number of nitrogens with one attached hydrogen (secondary N) is 1. The van der Waals surface area contributed by atoms with Gasteiger partial charge in [-0.1, -0.05) is 30.3 Å². The fourth-order valence-electron chi connectivity index (χ4n) is 2.94. The fraction of sp³-hybridized carbons (Fsp3) is 0.294. The first-order valence-electron chi connectivity index (χ1n) is 7.27. The van der Waals surface area contributed by atoms with Gasteiger partial charge in [0.15, 0.2) is 0 Å². The van der Waals surface area contributed by atoms with E-state index in [0.29, 0.717) is 5.92 Å². The van der Waals surface area contributed by atoms with Crippen LogP contribution in [-0.4, -0.2) is 23.9 Å². The molecule has 2 aromatic rings. The normalized spacial score (nSPS) is 18.0. The number of benzene rings is 1. The number of hydrogen-bond donors (Lipinski definition) is 2. The highest BCUT2D eigenvalue weighted by Gasteiger charge is 2.26. The van der Waals surface area contributed by atoms with Crippen molar-refractivity contribution in [2.24, 2.45) is 5.73 Å². The first-order valence-corrected chi connectivity index (χ1v) is 7.27. The highest BCUT2D eigenvalue weighted by atomic mass is 15.2. The Balaban J connectivity index is 1.86. The second kappa shape index (κ2) is 5.56. The van der Waals surface area contributed by atoms with Gasteiger partial charge in [0.05, 0.1) is 5.56 Å². The van der Waals surface area contributed by atoms with Crippen LogP contribution in [0.5, 0.6) is 0 Å². The van der Waals surface area contributed by atoms with Crippen LogP contribution in [0.15, 0.2) is 42.5 Å². The number of rotatable bonds is 3. The van der Waals surface area contributed by atoms with Crippen molar-refractivity contribution in [1.29, 1.82) is 5.41 Å². The minimum absolute atomic E-state index is 0.0839. The molecule has 0 aliphatic carbocycles. The van der Waals surface area contributed by atoms with Crippen LogP contribution < -0.4 is 10.6 Å². The number of amidine groups is 1. The maximum Gasteiger partial charge on any atom is 0.139 e. The summed E-state index contributed by atoms with van der Waals surface area (Å²) < 4.78 is 0. The predicted molar refractivity (Wildman–Crippen MR) is 86.0 cm³/mol. The summed E-state index contributed by atoms with van der Waals surface area (Å²) in [5.74, 6) is 1.45. The molecule has 2 heterocycles. The summed E-state index contributed by atoms with van der Waals surface area (Å²) in [4.78, 5) is 6.86. The van der Waals surface area contributed by atoms with Gasteiger partial charge in [0.25, 0.3) is 0 Å². The fourth-order valence-corrected chi connectivity index (χ4v) is 2.94. The molecule has 0 bridgehead atoms. The third-order valence-electron chi connectivity index (χ3n) is 4.06. The van der Waals surface area contributed by atoms with E-state index >= 15 is 0 Å². The molecule has 0 radical (unpaired) electrons. The molecule has 1 fully saturated rings. The Morgan fingerprint density at radius 2 is 2.00 bits per heavy atom. The maximum absolute atomic E-state index is 7.74. The first kappa shape index (κ1) is 13.6. The van der Waals surface area contributed by atoms with Crippen molar-refractivity contribution >= 4 is 11.7 Å². The molecule has 0 saturated carbocycles. The lowest BCUT2D eigenvalue weighted by Gasteiger charge is -2.21. The highest BCUT2D eigenvalue weighted by molar-refractivity contribution is 5.99. The van der Waals surface area contributed by atoms with E-state index in [1.165, 1.54) is 5.56 Å². The molecule has 0 amide bonds. The van der Waals surface area contributed by atoms with Crippen molar-refractivity contribution in [2.45, 2.75) is 19.3 Å². The molecule has 3 rings (SSSR count).